The number of rotatable bonds is 2. The van der Waals surface area contributed by atoms with Gasteiger partial charge >= 0.3 is 79.5 Å². The zero-order chi connectivity index (χ0) is 98.9. The van der Waals surface area contributed by atoms with E-state index in [1.807, 2.05) is 27.7 Å². The van der Waals surface area contributed by atoms with Crippen molar-refractivity contribution in [3.05, 3.63) is 0 Å². The standard InChI is InChI=1S/C12H15F9.C10H14F6.C9H13F3.3C9H15F3.C8H7F9.C8H12F4.C8H13F3/c1-4-5(2)8(11(16,17)18)9(12(19,20)21)6(3)7(4)10(13,14)15;1-5-3-6(2)8(10(14,15)16)7(4-5)9(11,12)13;1-5-6-3-4-7(5)8(6,2)9(10,11)12;1-6-3-7(2)5-8(4-6)9(10,11)12;1-6-4-3-5-8(7(6)2)9(10,11)12;1-2-8(9(10,11)12)6-4-3-5-7-8;1-3-5(10,11)4(2,9)7(14,15)8(16,17)6(3,12)13;1-3-5(9)4(2)7(11)8(12)6(3)10;1-2-7(8(9,10)11)5-3-4-6-7/h4-9H,1-3H3;5-8H,3-4H2,1-2H3;5-7H,3-4H2,1-2H3;2*6-8H,3-5H2,1-2H3;2-7H2,1H3;3H,1-2H3;3-8H,1-2H3;2-6H2,1H3/t4-,5?,6?,7?,8?,9?;5-,6?,7?,8?;5?,6-,7+,8?;6-,7?,8?;6?,7-,8?;;3-,4?;3-,4?,5?,6?,7?,8?;/m10.01.00./s1. The summed E-state index contributed by atoms with van der Waals surface area (Å²) < 4.78 is 546. The highest BCUT2D eigenvalue weighted by atomic mass is 19.5. The number of halogens is 43. The summed E-state index contributed by atoms with van der Waals surface area (Å²) in [6.45, 7) is 21.2. The molecule has 0 heterocycles. The zero-order valence-corrected chi connectivity index (χ0v) is 72.1. The van der Waals surface area contributed by atoms with Crippen LogP contribution in [0.2, 0.25) is 0 Å². The van der Waals surface area contributed by atoms with Crippen LogP contribution >= 0.6 is 0 Å². The molecule has 0 aromatic rings. The number of hydrogen-bond donors (Lipinski definition) is 0. The molecule has 0 amide bonds. The SMILES string of the molecule is CC1C(C(F)(F)F)C(C(F)(F)F)C(C)[C@@H](C)C1C(F)(F)F.CC1C(F)C(F)C(F)[C@@H](C)C1F.CC1CC(C(F)(F)F)C[C@@H](C)C1.CC1CCCC(C(F)(F)F)[C@@H]1C.CC1C[C@H](C)CC(C(F)(F)F)C1C(F)(F)F.CC1[C@H]2CC[C@@H]1C2(C)C(F)(F)F.CCC1(C(F)(F)F)CCCC1.CCC1(C(F)(F)F)CCCCC1.C[C@H]1C(F)(F)C(C)(F)C(F)(F)C(F)(F)C1(F)F. The molecule has 2 bridgehead atoms. The third kappa shape index (κ3) is 26.6. The van der Waals surface area contributed by atoms with Crippen LogP contribution < -0.4 is 0 Å². The van der Waals surface area contributed by atoms with E-state index in [0.717, 1.165) is 78.1 Å². The van der Waals surface area contributed by atoms with Gasteiger partial charge in [-0.1, -0.05) is 156 Å². The third-order valence-corrected chi connectivity index (χ3v) is 29.5. The molecule has 0 nitrogen and oxygen atoms in total. The van der Waals surface area contributed by atoms with E-state index >= 15 is 0 Å². The molecule has 125 heavy (non-hydrogen) atoms. The Kier molecular flexibility index (Phi) is 39.5. The van der Waals surface area contributed by atoms with Crippen LogP contribution in [0.1, 0.15) is 253 Å². The van der Waals surface area contributed by atoms with Crippen molar-refractivity contribution in [3.8, 4) is 0 Å². The molecule has 0 aromatic heterocycles. The van der Waals surface area contributed by atoms with Gasteiger partial charge in [0.1, 0.15) is 18.5 Å². The van der Waals surface area contributed by atoms with Crippen molar-refractivity contribution in [3.63, 3.8) is 0 Å². The molecule has 28 atom stereocenters. The van der Waals surface area contributed by atoms with E-state index in [4.69, 9.17) is 0 Å². The van der Waals surface area contributed by atoms with Crippen LogP contribution in [0.5, 0.6) is 0 Å². The maximum Gasteiger partial charge on any atom is 0.394 e. The van der Waals surface area contributed by atoms with Gasteiger partial charge in [0.15, 0.2) is 6.17 Å². The summed E-state index contributed by atoms with van der Waals surface area (Å²) in [5, 5.41) is 0. The van der Waals surface area contributed by atoms with Gasteiger partial charge in [-0.2, -0.15) is 158 Å². The predicted octanol–water partition coefficient (Wildman–Crippen LogP) is 34.3. The zero-order valence-electron chi connectivity index (χ0n) is 72.1. The molecule has 0 aromatic carbocycles. The van der Waals surface area contributed by atoms with Crippen LogP contribution in [0.4, 0.5) is 189 Å². The summed E-state index contributed by atoms with van der Waals surface area (Å²) in [6.07, 6.45) is -41.9. The van der Waals surface area contributed by atoms with Gasteiger partial charge in [0.05, 0.1) is 63.6 Å². The monoisotopic (exact) mass is 1920 g/mol. The lowest BCUT2D eigenvalue weighted by Crippen LogP contribution is -2.77. The molecule has 0 spiro atoms. The summed E-state index contributed by atoms with van der Waals surface area (Å²) in [5.41, 5.74) is -9.07. The van der Waals surface area contributed by atoms with Gasteiger partial charge in [-0.15, -0.1) is 0 Å². The average molecular weight is 1920 g/mol. The first-order valence-electron chi connectivity index (χ1n) is 41.9. The maximum absolute atomic E-state index is 13.2. The summed E-state index contributed by atoms with van der Waals surface area (Å²) in [5.74, 6) is -50.0. The van der Waals surface area contributed by atoms with E-state index in [1.54, 1.807) is 27.7 Å². The van der Waals surface area contributed by atoms with Crippen molar-refractivity contribution in [1.29, 1.82) is 0 Å². The fraction of sp³-hybridized carbons (Fsp3) is 1.00. The van der Waals surface area contributed by atoms with Crippen molar-refractivity contribution in [1.82, 2.24) is 0 Å². The fourth-order valence-electron chi connectivity index (χ4n) is 21.2. The molecule has 0 radical (unpaired) electrons. The van der Waals surface area contributed by atoms with Crippen molar-refractivity contribution >= 4 is 0 Å². The second-order valence-corrected chi connectivity index (χ2v) is 37.7. The average Bonchev–Trinajstić information content (AvgIpc) is 0.732. The molecule has 20 unspecified atom stereocenters. The first kappa shape index (κ1) is 118. The Bertz CT molecular complexity index is 3050. The highest BCUT2D eigenvalue weighted by Crippen LogP contribution is 2.72. The molecule has 0 saturated heterocycles. The quantitative estimate of drug-likeness (QED) is 0.242. The molecule has 11 saturated carbocycles. The van der Waals surface area contributed by atoms with Gasteiger partial charge in [-0.05, 0) is 168 Å². The van der Waals surface area contributed by atoms with Crippen molar-refractivity contribution in [2.75, 3.05) is 0 Å². The van der Waals surface area contributed by atoms with Crippen LogP contribution in [0.3, 0.4) is 0 Å². The molecule has 11 aliphatic carbocycles. The molecule has 11 fully saturated rings. The maximum atomic E-state index is 13.2. The van der Waals surface area contributed by atoms with Crippen molar-refractivity contribution < 1.29 is 189 Å². The van der Waals surface area contributed by atoms with Gasteiger partial charge in [-0.25, -0.2) is 30.7 Å². The largest absolute Gasteiger partial charge is 0.394 e. The lowest BCUT2D eigenvalue weighted by atomic mass is 9.53. The van der Waals surface area contributed by atoms with E-state index in [2.05, 4.69) is 0 Å². The Hall–Kier alpha value is -3.01. The molecular formula is C82H119F43. The Labute approximate surface area is 701 Å². The summed E-state index contributed by atoms with van der Waals surface area (Å²) in [7, 11) is 0. The van der Waals surface area contributed by atoms with Crippen LogP contribution in [-0.4, -0.2) is 116 Å². The molecule has 11 aliphatic rings. The highest BCUT2D eigenvalue weighted by molar-refractivity contribution is 5.20. The second kappa shape index (κ2) is 41.9. The van der Waals surface area contributed by atoms with Crippen molar-refractivity contribution in [2.24, 2.45) is 146 Å². The van der Waals surface area contributed by atoms with Crippen LogP contribution in [0, 0.1) is 146 Å². The smallest absolute Gasteiger partial charge is 0.247 e. The van der Waals surface area contributed by atoms with E-state index in [9.17, 15) is 189 Å². The predicted molar refractivity (Wildman–Crippen MR) is 381 cm³/mol. The number of alkyl halides is 43. The summed E-state index contributed by atoms with van der Waals surface area (Å²) >= 11 is 0. The highest BCUT2D eigenvalue weighted by Gasteiger charge is 2.91. The molecular weight excluding hydrogens is 1800 g/mol. The molecule has 0 N–H and O–H groups in total. The van der Waals surface area contributed by atoms with Gasteiger partial charge in [-0.3, -0.25) is 0 Å². The fourth-order valence-corrected chi connectivity index (χ4v) is 21.2. The van der Waals surface area contributed by atoms with E-state index in [0.29, 0.717) is 57.8 Å². The number of fused-ring (bicyclic) bond motifs is 1. The van der Waals surface area contributed by atoms with Crippen LogP contribution in [0.15, 0.2) is 0 Å². The van der Waals surface area contributed by atoms with Crippen LogP contribution in [-0.2, 0) is 0 Å². The third-order valence-electron chi connectivity index (χ3n) is 29.5. The van der Waals surface area contributed by atoms with Gasteiger partial charge in [0, 0.05) is 11.8 Å². The van der Waals surface area contributed by atoms with Crippen LogP contribution in [0.25, 0.3) is 0 Å². The summed E-state index contributed by atoms with van der Waals surface area (Å²) in [6, 6.07) is 0. The Morgan fingerprint density at radius 3 is 0.912 bits per heavy atom. The molecule has 0 aliphatic heterocycles. The Morgan fingerprint density at radius 1 is 0.272 bits per heavy atom. The summed E-state index contributed by atoms with van der Waals surface area (Å²) in [4.78, 5) is 0. The lowest BCUT2D eigenvalue weighted by Gasteiger charge is -2.53. The van der Waals surface area contributed by atoms with E-state index < -0.39 is 228 Å². The first-order valence-corrected chi connectivity index (χ1v) is 41.9. The van der Waals surface area contributed by atoms with Gasteiger partial charge in [0.25, 0.3) is 5.92 Å². The van der Waals surface area contributed by atoms with Gasteiger partial charge < -0.3 is 0 Å². The Balaban J connectivity index is 0.000000480. The lowest BCUT2D eigenvalue weighted by molar-refractivity contribution is -0.431. The normalized spacial score (nSPS) is 39.3. The van der Waals surface area contributed by atoms with Crippen molar-refractivity contribution in [2.45, 2.75) is 368 Å². The van der Waals surface area contributed by atoms with E-state index in [1.165, 1.54) is 27.7 Å². The molecule has 11 rings (SSSR count). The molecule has 43 heteroatoms. The first-order chi connectivity index (χ1) is 55.5. The van der Waals surface area contributed by atoms with Gasteiger partial charge in [0.2, 0.25) is 5.67 Å². The number of hydrogen-bond acceptors (Lipinski definition) is 0. The molecule has 748 valence electrons. The minimum Gasteiger partial charge on any atom is -0.247 e. The van der Waals surface area contributed by atoms with E-state index in [-0.39, 0.29) is 67.6 Å². The second-order valence-electron chi connectivity index (χ2n) is 37.7. The minimum atomic E-state index is -6.19. The minimum absolute atomic E-state index is 0.0949. The topological polar surface area (TPSA) is 0 Å². The Morgan fingerprint density at radius 2 is 0.616 bits per heavy atom.